The van der Waals surface area contributed by atoms with E-state index in [1.54, 1.807) is 0 Å². The van der Waals surface area contributed by atoms with Crippen LogP contribution in [0.1, 0.15) is 57.6 Å². The van der Waals surface area contributed by atoms with Gasteiger partial charge in [0, 0.05) is 24.8 Å². The fraction of sp³-hybridized carbons (Fsp3) is 0.800. The van der Waals surface area contributed by atoms with Gasteiger partial charge in [-0.15, -0.1) is 0 Å². The van der Waals surface area contributed by atoms with Gasteiger partial charge in [-0.05, 0) is 38.1 Å². The Kier molecular flexibility index (Phi) is 4.81. The van der Waals surface area contributed by atoms with E-state index in [4.69, 9.17) is 0 Å². The molecule has 1 aliphatic carbocycles. The Morgan fingerprint density at radius 2 is 2.33 bits per heavy atom. The molecule has 3 atom stereocenters. The van der Waals surface area contributed by atoms with Crippen LogP contribution in [0.5, 0.6) is 0 Å². The van der Waals surface area contributed by atoms with Crippen LogP contribution in [-0.4, -0.2) is 16.3 Å². The molecule has 2 rings (SSSR count). The molecule has 0 aliphatic heterocycles. The number of aromatic nitrogens is 2. The van der Waals surface area contributed by atoms with Gasteiger partial charge < -0.3 is 5.32 Å². The smallest absolute Gasteiger partial charge is 0.0537 e. The van der Waals surface area contributed by atoms with Gasteiger partial charge >= 0.3 is 0 Å². The van der Waals surface area contributed by atoms with E-state index in [9.17, 15) is 0 Å². The summed E-state index contributed by atoms with van der Waals surface area (Å²) in [5, 5.41) is 7.84. The maximum Gasteiger partial charge on any atom is 0.0537 e. The van der Waals surface area contributed by atoms with Crippen molar-refractivity contribution >= 4 is 0 Å². The highest BCUT2D eigenvalue weighted by Crippen LogP contribution is 2.30. The van der Waals surface area contributed by atoms with E-state index in [0.29, 0.717) is 6.04 Å². The van der Waals surface area contributed by atoms with Crippen molar-refractivity contribution in [2.24, 2.45) is 18.9 Å². The Bertz CT molecular complexity index is 358. The van der Waals surface area contributed by atoms with Gasteiger partial charge in [0.1, 0.15) is 0 Å². The molecule has 0 aromatic carbocycles. The lowest BCUT2D eigenvalue weighted by Crippen LogP contribution is -2.23. The molecule has 1 aliphatic rings. The Morgan fingerprint density at radius 3 is 3.00 bits per heavy atom. The van der Waals surface area contributed by atoms with Crippen LogP contribution in [0, 0.1) is 11.8 Å². The lowest BCUT2D eigenvalue weighted by molar-refractivity contribution is 0.265. The summed E-state index contributed by atoms with van der Waals surface area (Å²) < 4.78 is 1.87. The number of hydrogen-bond acceptors (Lipinski definition) is 2. The summed E-state index contributed by atoms with van der Waals surface area (Å²) in [4.78, 5) is 0. The molecule has 1 heterocycles. The van der Waals surface area contributed by atoms with Crippen LogP contribution in [-0.2, 0) is 7.05 Å². The fourth-order valence-corrected chi connectivity index (χ4v) is 3.11. The Hall–Kier alpha value is -0.830. The van der Waals surface area contributed by atoms with E-state index in [2.05, 4.69) is 30.5 Å². The first kappa shape index (κ1) is 13.6. The molecule has 0 amide bonds. The van der Waals surface area contributed by atoms with Crippen molar-refractivity contribution in [2.75, 3.05) is 6.54 Å². The fourth-order valence-electron chi connectivity index (χ4n) is 3.11. The summed E-state index contributed by atoms with van der Waals surface area (Å²) in [5.74, 6) is 1.89. The molecule has 0 spiro atoms. The van der Waals surface area contributed by atoms with Crippen molar-refractivity contribution in [3.63, 3.8) is 0 Å². The summed E-state index contributed by atoms with van der Waals surface area (Å²) in [6, 6.07) is 0.416. The minimum absolute atomic E-state index is 0.416. The van der Waals surface area contributed by atoms with Gasteiger partial charge in [0.25, 0.3) is 0 Å². The highest BCUT2D eigenvalue weighted by Gasteiger charge is 2.18. The van der Waals surface area contributed by atoms with Crippen LogP contribution < -0.4 is 5.32 Å². The second kappa shape index (κ2) is 6.37. The zero-order valence-electron chi connectivity index (χ0n) is 12.0. The van der Waals surface area contributed by atoms with Crippen LogP contribution in [0.15, 0.2) is 12.4 Å². The van der Waals surface area contributed by atoms with Crippen LogP contribution in [0.3, 0.4) is 0 Å². The maximum absolute atomic E-state index is 4.22. The minimum atomic E-state index is 0.416. The Labute approximate surface area is 111 Å². The number of hydrogen-bond donors (Lipinski definition) is 1. The average molecular weight is 249 g/mol. The number of aryl methyl sites for hydroxylation is 1. The minimum Gasteiger partial charge on any atom is -0.310 e. The Balaban J connectivity index is 1.68. The molecule has 102 valence electrons. The molecule has 1 saturated carbocycles. The van der Waals surface area contributed by atoms with Gasteiger partial charge in [0.05, 0.1) is 6.20 Å². The van der Waals surface area contributed by atoms with Gasteiger partial charge in [-0.2, -0.15) is 5.10 Å². The number of nitrogens with one attached hydrogen (secondary N) is 1. The molecule has 3 heteroatoms. The van der Waals surface area contributed by atoms with Crippen molar-refractivity contribution in [1.29, 1.82) is 0 Å². The third-order valence-corrected chi connectivity index (χ3v) is 4.27. The molecule has 0 saturated heterocycles. The Morgan fingerprint density at radius 1 is 1.50 bits per heavy atom. The number of rotatable bonds is 5. The third-order valence-electron chi connectivity index (χ3n) is 4.27. The van der Waals surface area contributed by atoms with Gasteiger partial charge in [-0.1, -0.05) is 26.2 Å². The molecule has 0 bridgehead atoms. The molecule has 1 N–H and O–H groups in total. The summed E-state index contributed by atoms with van der Waals surface area (Å²) in [6.07, 6.45) is 11.1. The van der Waals surface area contributed by atoms with Crippen molar-refractivity contribution in [2.45, 2.75) is 52.0 Å². The van der Waals surface area contributed by atoms with Crippen molar-refractivity contribution in [3.05, 3.63) is 18.0 Å². The predicted molar refractivity (Wildman–Crippen MR) is 75.4 cm³/mol. The van der Waals surface area contributed by atoms with E-state index >= 15 is 0 Å². The van der Waals surface area contributed by atoms with E-state index in [1.807, 2.05) is 17.9 Å². The van der Waals surface area contributed by atoms with E-state index in [1.165, 1.54) is 37.7 Å². The second-order valence-electron chi connectivity index (χ2n) is 6.05. The lowest BCUT2D eigenvalue weighted by atomic mass is 9.81. The van der Waals surface area contributed by atoms with Crippen molar-refractivity contribution in [1.82, 2.24) is 15.1 Å². The van der Waals surface area contributed by atoms with E-state index in [-0.39, 0.29) is 0 Å². The molecule has 3 unspecified atom stereocenters. The third kappa shape index (κ3) is 3.84. The van der Waals surface area contributed by atoms with Crippen LogP contribution in [0.25, 0.3) is 0 Å². The monoisotopic (exact) mass is 249 g/mol. The SMILES string of the molecule is CC1CCCC(CCNC(C)c2cnn(C)c2)C1. The largest absolute Gasteiger partial charge is 0.310 e. The van der Waals surface area contributed by atoms with E-state index < -0.39 is 0 Å². The molecule has 3 nitrogen and oxygen atoms in total. The molecule has 1 aromatic heterocycles. The molecule has 0 radical (unpaired) electrons. The molecule has 1 aromatic rings. The highest BCUT2D eigenvalue weighted by molar-refractivity contribution is 5.08. The van der Waals surface area contributed by atoms with Crippen LogP contribution in [0.4, 0.5) is 0 Å². The first-order valence-electron chi connectivity index (χ1n) is 7.37. The molecular weight excluding hydrogens is 222 g/mol. The standard InChI is InChI=1S/C15H27N3/c1-12-5-4-6-14(9-12)7-8-16-13(2)15-10-17-18(3)11-15/h10-14,16H,4-9H2,1-3H3. The highest BCUT2D eigenvalue weighted by atomic mass is 15.2. The topological polar surface area (TPSA) is 29.9 Å². The maximum atomic E-state index is 4.22. The van der Waals surface area contributed by atoms with E-state index in [0.717, 1.165) is 18.4 Å². The first-order valence-corrected chi connectivity index (χ1v) is 7.37. The van der Waals surface area contributed by atoms with Gasteiger partial charge in [-0.25, -0.2) is 0 Å². The average Bonchev–Trinajstić information content (AvgIpc) is 2.76. The summed E-state index contributed by atoms with van der Waals surface area (Å²) >= 11 is 0. The first-order chi connectivity index (χ1) is 8.65. The molecule has 1 fully saturated rings. The molecular formula is C15H27N3. The zero-order chi connectivity index (χ0) is 13.0. The normalized spacial score (nSPS) is 26.2. The van der Waals surface area contributed by atoms with Gasteiger partial charge in [0.15, 0.2) is 0 Å². The number of nitrogens with zero attached hydrogens (tertiary/aromatic N) is 2. The van der Waals surface area contributed by atoms with Crippen molar-refractivity contribution < 1.29 is 0 Å². The van der Waals surface area contributed by atoms with Gasteiger partial charge in [-0.3, -0.25) is 4.68 Å². The van der Waals surface area contributed by atoms with Crippen molar-refractivity contribution in [3.8, 4) is 0 Å². The second-order valence-corrected chi connectivity index (χ2v) is 6.05. The lowest BCUT2D eigenvalue weighted by Gasteiger charge is -2.27. The summed E-state index contributed by atoms with van der Waals surface area (Å²) in [5.41, 5.74) is 1.29. The zero-order valence-corrected chi connectivity index (χ0v) is 12.0. The summed E-state index contributed by atoms with van der Waals surface area (Å²) in [6.45, 7) is 5.76. The van der Waals surface area contributed by atoms with Crippen LogP contribution >= 0.6 is 0 Å². The summed E-state index contributed by atoms with van der Waals surface area (Å²) in [7, 11) is 1.97. The quantitative estimate of drug-likeness (QED) is 0.868. The van der Waals surface area contributed by atoms with Gasteiger partial charge in [0.2, 0.25) is 0 Å². The predicted octanol–water partition coefficient (Wildman–Crippen LogP) is 3.29. The molecule has 18 heavy (non-hydrogen) atoms. The van der Waals surface area contributed by atoms with Crippen LogP contribution in [0.2, 0.25) is 0 Å².